The van der Waals surface area contributed by atoms with Gasteiger partial charge in [-0.2, -0.15) is 18.3 Å². The molecule has 1 unspecified atom stereocenters. The summed E-state index contributed by atoms with van der Waals surface area (Å²) in [6.07, 6.45) is -7.36. The molecule has 1 N–H and O–H groups in total. The van der Waals surface area contributed by atoms with Crippen molar-refractivity contribution in [2.24, 2.45) is 5.28 Å². The van der Waals surface area contributed by atoms with Gasteiger partial charge in [0.1, 0.15) is 12.6 Å². The third kappa shape index (κ3) is 7.77. The van der Waals surface area contributed by atoms with Crippen LogP contribution in [0.25, 0.3) is 16.9 Å². The highest BCUT2D eigenvalue weighted by atomic mass is 32.2. The maximum atomic E-state index is 13.5. The molecule has 1 aliphatic heterocycles. The summed E-state index contributed by atoms with van der Waals surface area (Å²) in [6.45, 7) is 4.11. The Bertz CT molecular complexity index is 2070. The first-order valence-electron chi connectivity index (χ1n) is 15.1. The average Bonchev–Trinajstić information content (AvgIpc) is 3.65. The number of hydrogen-bond donors (Lipinski definition) is 1. The largest absolute Gasteiger partial charge is 0.569 e. The molecule has 3 aromatic carbocycles. The first-order chi connectivity index (χ1) is 24.0. The van der Waals surface area contributed by atoms with Crippen LogP contribution in [0.15, 0.2) is 89.0 Å². The van der Waals surface area contributed by atoms with E-state index in [1.54, 1.807) is 41.1 Å². The number of rotatable bonds is 11. The zero-order chi connectivity index (χ0) is 37.2. The van der Waals surface area contributed by atoms with Crippen molar-refractivity contribution < 1.29 is 50.5 Å². The summed E-state index contributed by atoms with van der Waals surface area (Å²) in [6, 6.07) is 17.5. The van der Waals surface area contributed by atoms with E-state index in [0.717, 1.165) is 38.4 Å². The predicted molar refractivity (Wildman–Crippen MR) is 171 cm³/mol. The Morgan fingerprint density at radius 2 is 1.61 bits per heavy atom. The van der Waals surface area contributed by atoms with Crippen LogP contribution in [-0.4, -0.2) is 76.9 Å². The lowest BCUT2D eigenvalue weighted by atomic mass is 10.1. The Hall–Kier alpha value is -5.98. The summed E-state index contributed by atoms with van der Waals surface area (Å²) < 4.78 is 74.1. The van der Waals surface area contributed by atoms with Crippen molar-refractivity contribution in [3.63, 3.8) is 0 Å². The highest BCUT2D eigenvalue weighted by Gasteiger charge is 2.40. The first kappa shape index (κ1) is 36.3. The van der Waals surface area contributed by atoms with E-state index in [1.165, 1.54) is 45.2 Å². The number of amides is 3. The summed E-state index contributed by atoms with van der Waals surface area (Å²) in [5.74, 6) is -1.24. The second-order valence-corrected chi connectivity index (χ2v) is 13.1. The number of hydrogen-bond acceptors (Lipinski definition) is 10. The van der Waals surface area contributed by atoms with Crippen LogP contribution in [0.2, 0.25) is 0 Å². The van der Waals surface area contributed by atoms with Crippen LogP contribution >= 0.6 is 0 Å². The number of nitrogens with zero attached hydrogens (tertiary/aromatic N) is 6. The van der Waals surface area contributed by atoms with Crippen molar-refractivity contribution in [3.05, 3.63) is 106 Å². The zero-order valence-corrected chi connectivity index (χ0v) is 28.2. The van der Waals surface area contributed by atoms with Gasteiger partial charge in [-0.25, -0.2) is 27.5 Å². The van der Waals surface area contributed by atoms with Crippen LogP contribution in [-0.2, 0) is 25.8 Å². The van der Waals surface area contributed by atoms with Crippen molar-refractivity contribution >= 4 is 27.9 Å². The number of nitrogens with one attached hydrogen (secondary N) is 1. The van der Waals surface area contributed by atoms with Crippen molar-refractivity contribution in [2.45, 2.75) is 44.1 Å². The van der Waals surface area contributed by atoms with Crippen molar-refractivity contribution in [1.29, 1.82) is 0 Å². The van der Waals surface area contributed by atoms with E-state index in [1.807, 2.05) is 6.92 Å². The third-order valence-electron chi connectivity index (χ3n) is 7.78. The number of halogens is 3. The molecule has 51 heavy (non-hydrogen) atoms. The predicted octanol–water partition coefficient (Wildman–Crippen LogP) is 5.05. The van der Waals surface area contributed by atoms with Gasteiger partial charge in [0.25, 0.3) is 21.8 Å². The molecule has 268 valence electrons. The molecule has 0 fully saturated rings. The number of imide groups is 1. The summed E-state index contributed by atoms with van der Waals surface area (Å²) in [5, 5.41) is 20.5. The van der Waals surface area contributed by atoms with Crippen LogP contribution in [0, 0.1) is 12.1 Å². The topological polar surface area (TPSA) is 179 Å². The molecule has 2 heterocycles. The Labute approximate surface area is 289 Å². The smallest absolute Gasteiger partial charge is 0.435 e. The number of aryl methyl sites for hydroxylation is 1. The number of carbonyl (C=O) groups is 3. The maximum absolute atomic E-state index is 13.5. The van der Waals surface area contributed by atoms with Gasteiger partial charge in [-0.3, -0.25) is 9.59 Å². The van der Waals surface area contributed by atoms with E-state index in [2.05, 4.69) is 10.4 Å². The van der Waals surface area contributed by atoms with E-state index in [4.69, 9.17) is 9.57 Å². The van der Waals surface area contributed by atoms with Crippen LogP contribution in [0.1, 0.15) is 45.8 Å². The number of alkyl halides is 3. The minimum absolute atomic E-state index is 0.0135. The number of likely N-dealkylation sites (N-methyl/N-ethyl adjacent to an activating group) is 1. The summed E-state index contributed by atoms with van der Waals surface area (Å²) in [4.78, 5) is 43.1. The lowest BCUT2D eigenvalue weighted by molar-refractivity contribution is -0.713. The van der Waals surface area contributed by atoms with Gasteiger partial charge in [0.15, 0.2) is 5.69 Å². The fourth-order valence-electron chi connectivity index (χ4n) is 4.84. The molecule has 0 saturated heterocycles. The molecule has 1 aliphatic rings. The van der Waals surface area contributed by atoms with Gasteiger partial charge in [0.05, 0.1) is 39.4 Å². The number of ether oxygens (including phenoxy) is 1. The Kier molecular flexibility index (Phi) is 10.0. The third-order valence-corrected chi connectivity index (χ3v) is 9.11. The summed E-state index contributed by atoms with van der Waals surface area (Å²) >= 11 is 0. The number of fused-ring (bicyclic) bond motifs is 1. The quantitative estimate of drug-likeness (QED) is 0.0951. The lowest BCUT2D eigenvalue weighted by Gasteiger charge is -2.22. The standard InChI is InChI=1S/C32H30F3N7O8S/c1-19-9-11-22(12-10-19)27-17-28(32(33,34)35)36-41(27)23-13-15-24(16-14-23)51(47,48)37-31(45)49-18-20(2)39(4)42(46)38-50-21(3)40-29(43)25-7-5-6-8-26(25)30(40)44/h5-17,20-21H,18H2,1-4H3,(H,37,45)/b42-38+/t20-,21?/m0/s1. The highest BCUT2D eigenvalue weighted by molar-refractivity contribution is 7.90. The second kappa shape index (κ2) is 14.1. The van der Waals surface area contributed by atoms with Crippen molar-refractivity contribution in [1.82, 2.24) is 24.4 Å². The number of sulfonamides is 1. The van der Waals surface area contributed by atoms with Gasteiger partial charge < -0.3 is 14.8 Å². The van der Waals surface area contributed by atoms with Gasteiger partial charge in [0.2, 0.25) is 11.5 Å². The van der Waals surface area contributed by atoms with Crippen LogP contribution in [0.4, 0.5) is 18.0 Å². The molecule has 0 aliphatic carbocycles. The molecular weight excluding hydrogens is 699 g/mol. The molecular formula is C32H30F3N7O8S. The number of hydrazine groups is 1. The van der Waals surface area contributed by atoms with Gasteiger partial charge in [-0.15, -0.1) is 5.01 Å². The molecule has 0 saturated carbocycles. The van der Waals surface area contributed by atoms with Crippen LogP contribution < -0.4 is 4.72 Å². The molecule has 1 aromatic heterocycles. The van der Waals surface area contributed by atoms with Crippen molar-refractivity contribution in [3.8, 4) is 16.9 Å². The molecule has 0 bridgehead atoms. The van der Waals surface area contributed by atoms with Crippen LogP contribution in [0.5, 0.6) is 0 Å². The molecule has 4 aromatic rings. The first-order valence-corrected chi connectivity index (χ1v) is 16.5. The highest BCUT2D eigenvalue weighted by Crippen LogP contribution is 2.33. The fourth-order valence-corrected chi connectivity index (χ4v) is 5.73. The lowest BCUT2D eigenvalue weighted by Crippen LogP contribution is -2.41. The van der Waals surface area contributed by atoms with E-state index in [0.29, 0.717) is 5.56 Å². The van der Waals surface area contributed by atoms with Crippen molar-refractivity contribution in [2.75, 3.05) is 13.7 Å². The molecule has 0 radical (unpaired) electrons. The summed E-state index contributed by atoms with van der Waals surface area (Å²) in [7, 11) is -3.24. The number of aromatic nitrogens is 2. The molecule has 15 nitrogen and oxygen atoms in total. The molecule has 3 amide bonds. The number of benzene rings is 3. The Morgan fingerprint density at radius 3 is 2.18 bits per heavy atom. The van der Waals surface area contributed by atoms with E-state index < -0.39 is 63.6 Å². The maximum Gasteiger partial charge on any atom is 0.435 e. The average molecular weight is 730 g/mol. The van der Waals surface area contributed by atoms with E-state index in [-0.39, 0.29) is 27.5 Å². The van der Waals surface area contributed by atoms with Crippen LogP contribution in [0.3, 0.4) is 0 Å². The fraction of sp³-hybridized carbons (Fsp3) is 0.250. The Morgan fingerprint density at radius 1 is 1.02 bits per heavy atom. The molecule has 2 atom stereocenters. The molecule has 19 heteroatoms. The monoisotopic (exact) mass is 729 g/mol. The van der Waals surface area contributed by atoms with E-state index in [9.17, 15) is 41.2 Å². The van der Waals surface area contributed by atoms with Gasteiger partial charge in [-0.1, -0.05) is 42.0 Å². The second-order valence-electron chi connectivity index (χ2n) is 11.4. The van der Waals surface area contributed by atoms with Gasteiger partial charge in [0, 0.05) is 5.56 Å². The Balaban J connectivity index is 1.18. The minimum atomic E-state index is -4.73. The number of carbonyl (C=O) groups excluding carboxylic acids is 3. The zero-order valence-electron chi connectivity index (χ0n) is 27.4. The minimum Gasteiger partial charge on any atom is -0.569 e. The van der Waals surface area contributed by atoms with Gasteiger partial charge >= 0.3 is 12.3 Å². The van der Waals surface area contributed by atoms with E-state index >= 15 is 0 Å². The summed E-state index contributed by atoms with van der Waals surface area (Å²) in [5.41, 5.74) is 0.799. The SMILES string of the molecule is Cc1ccc(-c2cc(C(F)(F)F)nn2-c2ccc(S(=O)(=O)NC(=O)OC[C@H](C)N(C)/[N+]([O-])=N\OC(C)N3C(=O)c4ccccc4C3=O)cc2)cc1. The molecule has 5 rings (SSSR count). The van der Waals surface area contributed by atoms with Gasteiger partial charge in [-0.05, 0) is 63.2 Å². The molecule has 0 spiro atoms. The normalized spacial score (nSPS) is 14.6.